The number of amides is 1. The molecule has 2 aromatic rings. The average molecular weight is 369 g/mol. The zero-order chi connectivity index (χ0) is 17.1. The highest BCUT2D eigenvalue weighted by atomic mass is 35.5. The molecule has 1 unspecified atom stereocenters. The first kappa shape index (κ1) is 19.1. The van der Waals surface area contributed by atoms with Crippen molar-refractivity contribution in [3.05, 3.63) is 64.7 Å². The van der Waals surface area contributed by atoms with Crippen LogP contribution in [0.1, 0.15) is 27.5 Å². The monoisotopic (exact) mass is 368 g/mol. The largest absolute Gasteiger partial charge is 0.493 e. The van der Waals surface area contributed by atoms with Gasteiger partial charge in [0.25, 0.3) is 5.91 Å². The summed E-state index contributed by atoms with van der Waals surface area (Å²) in [6, 6.07) is 9.76. The third kappa shape index (κ3) is 3.91. The van der Waals surface area contributed by atoms with Crippen molar-refractivity contribution in [3.8, 4) is 5.75 Å². The molecule has 0 bridgehead atoms. The summed E-state index contributed by atoms with van der Waals surface area (Å²) in [5.41, 5.74) is 1.92. The Labute approximate surface area is 151 Å². The van der Waals surface area contributed by atoms with Gasteiger partial charge in [0, 0.05) is 12.6 Å². The van der Waals surface area contributed by atoms with Crippen molar-refractivity contribution < 1.29 is 18.3 Å². The van der Waals surface area contributed by atoms with Gasteiger partial charge in [0.05, 0.1) is 7.11 Å². The number of halogens is 3. The molecule has 1 amide bonds. The maximum atomic E-state index is 13.9. The topological polar surface area (TPSA) is 50.4 Å². The third-order valence-electron chi connectivity index (χ3n) is 4.17. The number of rotatable bonds is 4. The van der Waals surface area contributed by atoms with Crippen LogP contribution in [0.25, 0.3) is 0 Å². The number of hydrogen-bond acceptors (Lipinski definition) is 3. The fourth-order valence-corrected chi connectivity index (χ4v) is 3.00. The van der Waals surface area contributed by atoms with Crippen molar-refractivity contribution >= 4 is 18.3 Å². The molecule has 0 spiro atoms. The van der Waals surface area contributed by atoms with Crippen molar-refractivity contribution in [3.63, 3.8) is 0 Å². The molecule has 3 rings (SSSR count). The quantitative estimate of drug-likeness (QED) is 0.872. The molecule has 2 aromatic carbocycles. The molecule has 0 fully saturated rings. The van der Waals surface area contributed by atoms with Crippen LogP contribution >= 0.6 is 12.4 Å². The second-order valence-corrected chi connectivity index (χ2v) is 5.60. The highest BCUT2D eigenvalue weighted by Crippen LogP contribution is 2.26. The first-order chi connectivity index (χ1) is 11.6. The van der Waals surface area contributed by atoms with E-state index in [0.717, 1.165) is 30.7 Å². The number of ether oxygens (including phenoxy) is 1. The molecule has 1 aliphatic rings. The van der Waals surface area contributed by atoms with Crippen LogP contribution in [0.5, 0.6) is 5.75 Å². The van der Waals surface area contributed by atoms with Crippen LogP contribution in [-0.2, 0) is 6.42 Å². The van der Waals surface area contributed by atoms with Gasteiger partial charge in [-0.05, 0) is 36.2 Å². The van der Waals surface area contributed by atoms with Gasteiger partial charge in [0.15, 0.2) is 11.6 Å². The maximum Gasteiger partial charge on any atom is 0.258 e. The number of fused-ring (bicyclic) bond motifs is 1. The molecular weight excluding hydrogens is 350 g/mol. The Morgan fingerprint density at radius 2 is 1.96 bits per heavy atom. The summed E-state index contributed by atoms with van der Waals surface area (Å²) in [5, 5.41) is 5.99. The lowest BCUT2D eigenvalue weighted by atomic mass is 9.94. The predicted octanol–water partition coefficient (Wildman–Crippen LogP) is 3.01. The van der Waals surface area contributed by atoms with Crippen molar-refractivity contribution in [2.24, 2.45) is 0 Å². The zero-order valence-electron chi connectivity index (χ0n) is 13.6. The van der Waals surface area contributed by atoms with Crippen LogP contribution < -0.4 is 15.4 Å². The molecule has 134 valence electrons. The summed E-state index contributed by atoms with van der Waals surface area (Å²) < 4.78 is 32.5. The lowest BCUT2D eigenvalue weighted by Gasteiger charge is -2.27. The summed E-state index contributed by atoms with van der Waals surface area (Å²) in [6.45, 7) is 1.07. The Bertz CT molecular complexity index is 771. The van der Waals surface area contributed by atoms with E-state index in [2.05, 4.69) is 16.7 Å². The molecule has 2 N–H and O–H groups in total. The second kappa shape index (κ2) is 8.27. The lowest BCUT2D eigenvalue weighted by Crippen LogP contribution is -2.39. The minimum absolute atomic E-state index is 0. The van der Waals surface area contributed by atoms with Crippen molar-refractivity contribution in [2.45, 2.75) is 12.5 Å². The van der Waals surface area contributed by atoms with E-state index in [1.807, 2.05) is 18.2 Å². The number of hydrogen-bond donors (Lipinski definition) is 2. The van der Waals surface area contributed by atoms with Gasteiger partial charge in [-0.15, -0.1) is 12.4 Å². The summed E-state index contributed by atoms with van der Waals surface area (Å²) in [6.07, 6.45) is 0.924. The Kier molecular flexibility index (Phi) is 6.33. The van der Waals surface area contributed by atoms with E-state index in [1.165, 1.54) is 12.7 Å². The smallest absolute Gasteiger partial charge is 0.258 e. The molecule has 0 aliphatic carbocycles. The molecule has 25 heavy (non-hydrogen) atoms. The molecular formula is C18H19ClF2N2O2. The van der Waals surface area contributed by atoms with Crippen LogP contribution in [0.4, 0.5) is 8.78 Å². The standard InChI is InChI=1S/C18H18F2N2O2.ClH/c1-24-17-14(20)7-6-13(19)16(17)18(23)22-10-15-12-5-3-2-4-11(12)8-9-21-15;/h2-7,15,21H,8-10H2,1H3,(H,22,23);1H. The summed E-state index contributed by atoms with van der Waals surface area (Å²) >= 11 is 0. The fourth-order valence-electron chi connectivity index (χ4n) is 3.00. The van der Waals surface area contributed by atoms with E-state index in [-0.39, 0.29) is 30.7 Å². The highest BCUT2D eigenvalue weighted by molar-refractivity contribution is 5.97. The molecule has 4 nitrogen and oxygen atoms in total. The molecule has 0 aromatic heterocycles. The van der Waals surface area contributed by atoms with E-state index in [4.69, 9.17) is 4.74 Å². The third-order valence-corrected chi connectivity index (χ3v) is 4.17. The molecule has 1 atom stereocenters. The van der Waals surface area contributed by atoms with Crippen LogP contribution in [-0.4, -0.2) is 26.1 Å². The van der Waals surface area contributed by atoms with Gasteiger partial charge in [-0.3, -0.25) is 4.79 Å². The molecule has 0 saturated heterocycles. The predicted molar refractivity (Wildman–Crippen MR) is 93.4 cm³/mol. The number of methoxy groups -OCH3 is 1. The van der Waals surface area contributed by atoms with Gasteiger partial charge in [-0.1, -0.05) is 24.3 Å². The van der Waals surface area contributed by atoms with Crippen molar-refractivity contribution in [2.75, 3.05) is 20.2 Å². The van der Waals surface area contributed by atoms with Gasteiger partial charge in [0.1, 0.15) is 11.4 Å². The van der Waals surface area contributed by atoms with Crippen LogP contribution in [0, 0.1) is 11.6 Å². The lowest BCUT2D eigenvalue weighted by molar-refractivity contribution is 0.0940. The Balaban J connectivity index is 0.00000225. The number of benzene rings is 2. The average Bonchev–Trinajstić information content (AvgIpc) is 2.61. The summed E-state index contributed by atoms with van der Waals surface area (Å²) in [7, 11) is 1.20. The minimum atomic E-state index is -0.817. The van der Waals surface area contributed by atoms with E-state index in [1.54, 1.807) is 0 Å². The maximum absolute atomic E-state index is 13.9. The Morgan fingerprint density at radius 1 is 1.24 bits per heavy atom. The normalized spacial score (nSPS) is 15.7. The Hall–Kier alpha value is -2.18. The number of carbonyl (C=O) groups is 1. The van der Waals surface area contributed by atoms with Crippen molar-refractivity contribution in [1.82, 2.24) is 10.6 Å². The van der Waals surface area contributed by atoms with E-state index >= 15 is 0 Å². The second-order valence-electron chi connectivity index (χ2n) is 5.60. The van der Waals surface area contributed by atoms with Gasteiger partial charge in [0.2, 0.25) is 0 Å². The minimum Gasteiger partial charge on any atom is -0.493 e. The van der Waals surface area contributed by atoms with Gasteiger partial charge in [-0.2, -0.15) is 0 Å². The summed E-state index contributed by atoms with van der Waals surface area (Å²) in [5.74, 6) is -2.67. The molecule has 0 saturated carbocycles. The van der Waals surface area contributed by atoms with E-state index < -0.39 is 23.1 Å². The molecule has 1 heterocycles. The molecule has 0 radical (unpaired) electrons. The SMILES string of the molecule is COc1c(F)ccc(F)c1C(=O)NCC1NCCc2ccccc21.Cl. The molecule has 7 heteroatoms. The molecule has 1 aliphatic heterocycles. The van der Waals surface area contributed by atoms with Gasteiger partial charge < -0.3 is 15.4 Å². The van der Waals surface area contributed by atoms with E-state index in [0.29, 0.717) is 0 Å². The van der Waals surface area contributed by atoms with Gasteiger partial charge >= 0.3 is 0 Å². The van der Waals surface area contributed by atoms with Gasteiger partial charge in [-0.25, -0.2) is 8.78 Å². The fraction of sp³-hybridized carbons (Fsp3) is 0.278. The zero-order valence-corrected chi connectivity index (χ0v) is 14.5. The van der Waals surface area contributed by atoms with Crippen molar-refractivity contribution in [1.29, 1.82) is 0 Å². The number of nitrogens with one attached hydrogen (secondary N) is 2. The van der Waals surface area contributed by atoms with Crippen LogP contribution in [0.2, 0.25) is 0 Å². The van der Waals surface area contributed by atoms with Crippen LogP contribution in [0.3, 0.4) is 0 Å². The first-order valence-electron chi connectivity index (χ1n) is 7.73. The highest BCUT2D eigenvalue weighted by Gasteiger charge is 2.24. The Morgan fingerprint density at radius 3 is 2.72 bits per heavy atom. The van der Waals surface area contributed by atoms with E-state index in [9.17, 15) is 13.6 Å². The summed E-state index contributed by atoms with van der Waals surface area (Å²) in [4.78, 5) is 12.3. The first-order valence-corrected chi connectivity index (χ1v) is 7.73. The van der Waals surface area contributed by atoms with Crippen LogP contribution in [0.15, 0.2) is 36.4 Å². The number of carbonyl (C=O) groups excluding carboxylic acids is 1.